The molecular formula is C9H7F3N2O4. The van der Waals surface area contributed by atoms with Crippen LogP contribution in [0.25, 0.3) is 0 Å². The highest BCUT2D eigenvalue weighted by atomic mass is 19.3. The molecule has 1 heterocycles. The Hall–Kier alpha value is -2.19. The summed E-state index contributed by atoms with van der Waals surface area (Å²) in [6, 6.07) is 0.601. The largest absolute Gasteiger partial charge is 0.469 e. The molecule has 0 aliphatic carbocycles. The summed E-state index contributed by atoms with van der Waals surface area (Å²) in [6.07, 6.45) is -3.81. The van der Waals surface area contributed by atoms with Gasteiger partial charge in [-0.25, -0.2) is 8.78 Å². The summed E-state index contributed by atoms with van der Waals surface area (Å²) in [7, 11) is 1.05. The van der Waals surface area contributed by atoms with E-state index in [9.17, 15) is 28.1 Å². The van der Waals surface area contributed by atoms with Crippen molar-refractivity contribution in [3.8, 4) is 0 Å². The van der Waals surface area contributed by atoms with Crippen molar-refractivity contribution in [3.05, 3.63) is 33.3 Å². The number of aromatic nitrogens is 1. The number of pyridine rings is 1. The van der Waals surface area contributed by atoms with Crippen molar-refractivity contribution in [2.24, 2.45) is 0 Å². The van der Waals surface area contributed by atoms with Gasteiger partial charge in [0.05, 0.1) is 12.7 Å². The van der Waals surface area contributed by atoms with E-state index in [1.165, 1.54) is 0 Å². The number of esters is 1. The SMILES string of the molecule is COC(=O)Cc1cc(C(F)F)c(F)c([N+](=O)[O-])n1. The third-order valence-corrected chi connectivity index (χ3v) is 1.98. The monoisotopic (exact) mass is 264 g/mol. The van der Waals surface area contributed by atoms with Gasteiger partial charge in [-0.2, -0.15) is 4.39 Å². The zero-order valence-electron chi connectivity index (χ0n) is 9.02. The van der Waals surface area contributed by atoms with Crippen LogP contribution >= 0.6 is 0 Å². The summed E-state index contributed by atoms with van der Waals surface area (Å²) in [5.74, 6) is -3.88. The lowest BCUT2D eigenvalue weighted by atomic mass is 10.2. The molecule has 0 atom stereocenters. The van der Waals surface area contributed by atoms with Gasteiger partial charge in [-0.15, -0.1) is 0 Å². The fourth-order valence-electron chi connectivity index (χ4n) is 1.18. The molecule has 1 aromatic rings. The molecule has 0 aliphatic heterocycles. The Balaban J connectivity index is 3.29. The lowest BCUT2D eigenvalue weighted by Crippen LogP contribution is -2.10. The second-order valence-electron chi connectivity index (χ2n) is 3.15. The van der Waals surface area contributed by atoms with Gasteiger partial charge in [0, 0.05) is 0 Å². The number of nitro groups is 1. The van der Waals surface area contributed by atoms with E-state index >= 15 is 0 Å². The summed E-state index contributed by atoms with van der Waals surface area (Å²) in [5.41, 5.74) is -1.53. The highest BCUT2D eigenvalue weighted by Gasteiger charge is 2.28. The minimum atomic E-state index is -3.25. The highest BCUT2D eigenvalue weighted by Crippen LogP contribution is 2.27. The molecule has 0 amide bonds. The van der Waals surface area contributed by atoms with E-state index in [4.69, 9.17) is 0 Å². The number of carbonyl (C=O) groups excluding carboxylic acids is 1. The number of halogens is 3. The second-order valence-corrected chi connectivity index (χ2v) is 3.15. The molecule has 1 rings (SSSR count). The lowest BCUT2D eigenvalue weighted by Gasteiger charge is -2.03. The Morgan fingerprint density at radius 3 is 2.67 bits per heavy atom. The van der Waals surface area contributed by atoms with Crippen molar-refractivity contribution in [1.29, 1.82) is 0 Å². The molecule has 0 spiro atoms. The number of carbonyl (C=O) groups is 1. The summed E-state index contributed by atoms with van der Waals surface area (Å²) in [4.78, 5) is 23.3. The average molecular weight is 264 g/mol. The Labute approximate surface area is 98.5 Å². The van der Waals surface area contributed by atoms with Crippen molar-refractivity contribution in [2.75, 3.05) is 7.11 Å². The van der Waals surface area contributed by atoms with Gasteiger partial charge in [0.1, 0.15) is 6.42 Å². The molecule has 18 heavy (non-hydrogen) atoms. The van der Waals surface area contributed by atoms with Gasteiger partial charge in [0.2, 0.25) is 5.82 Å². The highest BCUT2D eigenvalue weighted by molar-refractivity contribution is 5.72. The van der Waals surface area contributed by atoms with Crippen LogP contribution in [-0.2, 0) is 16.0 Å². The van der Waals surface area contributed by atoms with Crippen molar-refractivity contribution in [3.63, 3.8) is 0 Å². The molecular weight excluding hydrogens is 257 g/mol. The third-order valence-electron chi connectivity index (χ3n) is 1.98. The number of hydrogen-bond donors (Lipinski definition) is 0. The molecule has 0 bridgehead atoms. The van der Waals surface area contributed by atoms with E-state index in [2.05, 4.69) is 9.72 Å². The molecule has 6 nitrogen and oxygen atoms in total. The van der Waals surface area contributed by atoms with Crippen LogP contribution in [0.15, 0.2) is 6.07 Å². The van der Waals surface area contributed by atoms with Crippen LogP contribution in [0.3, 0.4) is 0 Å². The Bertz CT molecular complexity index is 493. The first-order valence-electron chi connectivity index (χ1n) is 4.55. The van der Waals surface area contributed by atoms with Gasteiger partial charge in [0.15, 0.2) is 5.69 Å². The third kappa shape index (κ3) is 2.93. The number of nitrogens with zero attached hydrogens (tertiary/aromatic N) is 2. The number of methoxy groups -OCH3 is 1. The summed E-state index contributed by atoms with van der Waals surface area (Å²) in [5, 5.41) is 10.4. The fourth-order valence-corrected chi connectivity index (χ4v) is 1.18. The number of hydrogen-bond acceptors (Lipinski definition) is 5. The molecule has 0 aromatic carbocycles. The van der Waals surface area contributed by atoms with Crippen LogP contribution < -0.4 is 0 Å². The maximum atomic E-state index is 13.3. The fraction of sp³-hybridized carbons (Fsp3) is 0.333. The molecule has 98 valence electrons. The van der Waals surface area contributed by atoms with Crippen molar-refractivity contribution in [2.45, 2.75) is 12.8 Å². The molecule has 9 heteroatoms. The number of ether oxygens (including phenoxy) is 1. The normalized spacial score (nSPS) is 10.5. The van der Waals surface area contributed by atoms with E-state index in [1.54, 1.807) is 0 Å². The quantitative estimate of drug-likeness (QED) is 0.470. The van der Waals surface area contributed by atoms with E-state index in [0.717, 1.165) is 7.11 Å². The summed E-state index contributed by atoms with van der Waals surface area (Å²) < 4.78 is 42.5. The Kier molecular flexibility index (Phi) is 4.18. The molecule has 0 radical (unpaired) electrons. The maximum absolute atomic E-state index is 13.3. The average Bonchev–Trinajstić information content (AvgIpc) is 2.30. The minimum absolute atomic E-state index is 0.356. The zero-order valence-corrected chi connectivity index (χ0v) is 9.02. The van der Waals surface area contributed by atoms with Crippen molar-refractivity contribution < 1.29 is 27.6 Å². The second kappa shape index (κ2) is 5.43. The van der Waals surface area contributed by atoms with Gasteiger partial charge in [0.25, 0.3) is 6.43 Å². The maximum Gasteiger partial charge on any atom is 0.400 e. The number of rotatable bonds is 4. The lowest BCUT2D eigenvalue weighted by molar-refractivity contribution is -0.392. The van der Waals surface area contributed by atoms with Gasteiger partial charge in [-0.3, -0.25) is 4.79 Å². The van der Waals surface area contributed by atoms with Gasteiger partial charge < -0.3 is 14.9 Å². The van der Waals surface area contributed by atoms with E-state index in [0.29, 0.717) is 6.07 Å². The zero-order chi connectivity index (χ0) is 13.9. The topological polar surface area (TPSA) is 82.3 Å². The number of alkyl halides is 2. The van der Waals surface area contributed by atoms with Crippen LogP contribution in [0.2, 0.25) is 0 Å². The van der Waals surface area contributed by atoms with Crippen LogP contribution in [0, 0.1) is 15.9 Å². The smallest absolute Gasteiger partial charge is 0.400 e. The van der Waals surface area contributed by atoms with Crippen molar-refractivity contribution in [1.82, 2.24) is 4.98 Å². The molecule has 1 aromatic heterocycles. The molecule has 0 aliphatic rings. The van der Waals surface area contributed by atoms with Gasteiger partial charge in [-0.1, -0.05) is 0 Å². The van der Waals surface area contributed by atoms with Crippen molar-refractivity contribution >= 4 is 11.8 Å². The summed E-state index contributed by atoms with van der Waals surface area (Å²) >= 11 is 0. The Morgan fingerprint density at radius 1 is 1.61 bits per heavy atom. The summed E-state index contributed by atoms with van der Waals surface area (Å²) in [6.45, 7) is 0. The van der Waals surface area contributed by atoms with Crippen LogP contribution in [-0.4, -0.2) is 23.0 Å². The van der Waals surface area contributed by atoms with E-state index in [-0.39, 0.29) is 5.69 Å². The first kappa shape index (κ1) is 13.9. The van der Waals surface area contributed by atoms with E-state index in [1.807, 2.05) is 0 Å². The van der Waals surface area contributed by atoms with Crippen LogP contribution in [0.1, 0.15) is 17.7 Å². The predicted octanol–water partition coefficient (Wildman–Crippen LogP) is 1.78. The molecule has 0 N–H and O–H groups in total. The molecule has 0 unspecified atom stereocenters. The molecule has 0 saturated heterocycles. The minimum Gasteiger partial charge on any atom is -0.469 e. The Morgan fingerprint density at radius 2 is 2.22 bits per heavy atom. The van der Waals surface area contributed by atoms with Crippen LogP contribution in [0.5, 0.6) is 0 Å². The first-order valence-corrected chi connectivity index (χ1v) is 4.55. The predicted molar refractivity (Wildman–Crippen MR) is 51.5 cm³/mol. The van der Waals surface area contributed by atoms with E-state index < -0.39 is 40.9 Å². The van der Waals surface area contributed by atoms with Gasteiger partial charge >= 0.3 is 11.8 Å². The van der Waals surface area contributed by atoms with Gasteiger partial charge in [-0.05, 0) is 16.0 Å². The standard InChI is InChI=1S/C9H7F3N2O4/c1-18-6(15)3-4-2-5(8(11)12)7(10)9(13-4)14(16)17/h2,8H,3H2,1H3. The first-order chi connectivity index (χ1) is 8.36. The molecule has 0 fully saturated rings. The van der Waals surface area contributed by atoms with Crippen LogP contribution in [0.4, 0.5) is 19.0 Å². The molecule has 0 saturated carbocycles.